The van der Waals surface area contributed by atoms with Gasteiger partial charge in [0, 0.05) is 17.4 Å². The number of H-pyrrole nitrogens is 1. The minimum atomic E-state index is -0.551. The van der Waals surface area contributed by atoms with Crippen molar-refractivity contribution in [2.75, 3.05) is 5.32 Å². The number of hydrogen-bond donors (Lipinski definition) is 2. The van der Waals surface area contributed by atoms with Crippen LogP contribution in [-0.2, 0) is 0 Å². The van der Waals surface area contributed by atoms with E-state index in [4.69, 9.17) is 0 Å². The van der Waals surface area contributed by atoms with Crippen LogP contribution < -0.4 is 10.9 Å². The molecule has 96 valence electrons. The summed E-state index contributed by atoms with van der Waals surface area (Å²) in [6, 6.07) is 6.40. The molecule has 19 heavy (non-hydrogen) atoms. The molecule has 1 amide bonds. The summed E-state index contributed by atoms with van der Waals surface area (Å²) in [6.45, 7) is 1.46. The molecule has 6 nitrogen and oxygen atoms in total. The van der Waals surface area contributed by atoms with Gasteiger partial charge in [0.2, 0.25) is 0 Å². The number of aromatic amines is 1. The summed E-state index contributed by atoms with van der Waals surface area (Å²) in [5.74, 6) is -0.605. The van der Waals surface area contributed by atoms with E-state index in [0.29, 0.717) is 11.3 Å². The van der Waals surface area contributed by atoms with Gasteiger partial charge in [0.15, 0.2) is 5.78 Å². The number of aromatic nitrogens is 2. The van der Waals surface area contributed by atoms with Crippen LogP contribution in [0.2, 0.25) is 0 Å². The normalized spacial score (nSPS) is 9.95. The smallest absolute Gasteiger partial charge is 0.263 e. The van der Waals surface area contributed by atoms with Gasteiger partial charge in [0.1, 0.15) is 5.56 Å². The number of nitrogens with zero attached hydrogens (tertiary/aromatic N) is 1. The molecule has 0 saturated heterocycles. The zero-order chi connectivity index (χ0) is 13.8. The average molecular weight is 257 g/mol. The number of anilines is 1. The number of hydrogen-bond acceptors (Lipinski definition) is 4. The minimum Gasteiger partial charge on any atom is -0.322 e. The van der Waals surface area contributed by atoms with Crippen LogP contribution in [0.25, 0.3) is 0 Å². The lowest BCUT2D eigenvalue weighted by Crippen LogP contribution is -2.23. The first-order valence-electron chi connectivity index (χ1n) is 5.53. The summed E-state index contributed by atoms with van der Waals surface area (Å²) in [4.78, 5) is 40.3. The Morgan fingerprint density at radius 3 is 2.47 bits per heavy atom. The fraction of sp³-hybridized carbons (Fsp3) is 0.0769. The van der Waals surface area contributed by atoms with Gasteiger partial charge in [-0.15, -0.1) is 0 Å². The van der Waals surface area contributed by atoms with Crippen LogP contribution in [0.3, 0.4) is 0 Å². The van der Waals surface area contributed by atoms with E-state index in [2.05, 4.69) is 15.3 Å². The molecule has 0 aliphatic rings. The summed E-state index contributed by atoms with van der Waals surface area (Å²) in [5.41, 5.74) is 0.474. The van der Waals surface area contributed by atoms with E-state index in [-0.39, 0.29) is 11.3 Å². The molecule has 0 atom stereocenters. The molecule has 0 saturated carbocycles. The van der Waals surface area contributed by atoms with Crippen molar-refractivity contribution >= 4 is 17.4 Å². The second-order valence-electron chi connectivity index (χ2n) is 3.88. The van der Waals surface area contributed by atoms with Gasteiger partial charge >= 0.3 is 0 Å². The Bertz CT molecular complexity index is 674. The molecule has 2 rings (SSSR count). The predicted octanol–water partition coefficient (Wildman–Crippen LogP) is 1.22. The van der Waals surface area contributed by atoms with Crippen molar-refractivity contribution in [1.82, 2.24) is 9.97 Å². The Morgan fingerprint density at radius 2 is 1.89 bits per heavy atom. The lowest BCUT2D eigenvalue weighted by atomic mass is 10.1. The molecular weight excluding hydrogens is 246 g/mol. The summed E-state index contributed by atoms with van der Waals surface area (Å²) in [7, 11) is 0. The van der Waals surface area contributed by atoms with Crippen molar-refractivity contribution in [3.05, 3.63) is 58.3 Å². The molecule has 0 fully saturated rings. The monoisotopic (exact) mass is 257 g/mol. The van der Waals surface area contributed by atoms with Crippen LogP contribution in [0, 0.1) is 0 Å². The number of Topliss-reactive ketones (excluding diaryl/α,β-unsaturated/α-hetero) is 1. The van der Waals surface area contributed by atoms with Crippen molar-refractivity contribution in [3.63, 3.8) is 0 Å². The summed E-state index contributed by atoms with van der Waals surface area (Å²) < 4.78 is 0. The number of benzene rings is 1. The highest BCUT2D eigenvalue weighted by molar-refractivity contribution is 6.04. The molecule has 1 aromatic carbocycles. The third kappa shape index (κ3) is 2.92. The van der Waals surface area contributed by atoms with Gasteiger partial charge in [-0.1, -0.05) is 0 Å². The molecule has 0 radical (unpaired) electrons. The Balaban J connectivity index is 2.18. The highest BCUT2D eigenvalue weighted by Crippen LogP contribution is 2.10. The summed E-state index contributed by atoms with van der Waals surface area (Å²) in [6.07, 6.45) is 2.40. The van der Waals surface area contributed by atoms with E-state index in [1.165, 1.54) is 19.4 Å². The van der Waals surface area contributed by atoms with Crippen LogP contribution >= 0.6 is 0 Å². The largest absolute Gasteiger partial charge is 0.322 e. The molecule has 0 spiro atoms. The molecule has 0 aliphatic carbocycles. The maximum atomic E-state index is 11.8. The molecule has 1 heterocycles. The molecule has 0 unspecified atom stereocenters. The van der Waals surface area contributed by atoms with Crippen molar-refractivity contribution in [1.29, 1.82) is 0 Å². The standard InChI is InChI=1S/C13H11N3O3/c1-8(17)9-2-4-10(5-3-9)16-13(19)11-6-14-7-15-12(11)18/h2-7H,1H3,(H,16,19)(H,14,15,18). The SMILES string of the molecule is CC(=O)c1ccc(NC(=O)c2cnc[nH]c2=O)cc1. The van der Waals surface area contributed by atoms with Crippen molar-refractivity contribution in [3.8, 4) is 0 Å². The second-order valence-corrected chi connectivity index (χ2v) is 3.88. The number of rotatable bonds is 3. The first kappa shape index (κ1) is 12.7. The maximum Gasteiger partial charge on any atom is 0.263 e. The number of carbonyl (C=O) groups is 2. The summed E-state index contributed by atoms with van der Waals surface area (Å²) in [5, 5.41) is 2.55. The van der Waals surface area contributed by atoms with Gasteiger partial charge in [-0.3, -0.25) is 14.4 Å². The number of nitrogens with one attached hydrogen (secondary N) is 2. The van der Waals surface area contributed by atoms with Crippen LogP contribution in [0.15, 0.2) is 41.6 Å². The molecular formula is C13H11N3O3. The number of amides is 1. The third-order valence-corrected chi connectivity index (χ3v) is 2.51. The molecule has 2 N–H and O–H groups in total. The molecule has 0 aliphatic heterocycles. The fourth-order valence-electron chi connectivity index (χ4n) is 1.49. The average Bonchev–Trinajstić information content (AvgIpc) is 2.39. The first-order chi connectivity index (χ1) is 9.08. The van der Waals surface area contributed by atoms with Gasteiger partial charge in [0.05, 0.1) is 6.33 Å². The number of carbonyl (C=O) groups excluding carboxylic acids is 2. The van der Waals surface area contributed by atoms with Gasteiger partial charge < -0.3 is 10.3 Å². The molecule has 0 bridgehead atoms. The van der Waals surface area contributed by atoms with E-state index < -0.39 is 11.5 Å². The van der Waals surface area contributed by atoms with Crippen molar-refractivity contribution < 1.29 is 9.59 Å². The highest BCUT2D eigenvalue weighted by Gasteiger charge is 2.10. The van der Waals surface area contributed by atoms with Gasteiger partial charge in [-0.2, -0.15) is 0 Å². The topological polar surface area (TPSA) is 91.9 Å². The zero-order valence-electron chi connectivity index (χ0n) is 10.1. The Labute approximate surface area is 108 Å². The predicted molar refractivity (Wildman–Crippen MR) is 69.3 cm³/mol. The third-order valence-electron chi connectivity index (χ3n) is 2.51. The lowest BCUT2D eigenvalue weighted by molar-refractivity contribution is 0.101. The lowest BCUT2D eigenvalue weighted by Gasteiger charge is -2.04. The van der Waals surface area contributed by atoms with Crippen LogP contribution in [0.4, 0.5) is 5.69 Å². The second kappa shape index (κ2) is 5.26. The molecule has 6 heteroatoms. The van der Waals surface area contributed by atoms with E-state index >= 15 is 0 Å². The Hall–Kier alpha value is -2.76. The molecule has 1 aromatic heterocycles. The van der Waals surface area contributed by atoms with Gasteiger partial charge in [0.25, 0.3) is 11.5 Å². The van der Waals surface area contributed by atoms with Crippen LogP contribution in [0.5, 0.6) is 0 Å². The Morgan fingerprint density at radius 1 is 1.21 bits per heavy atom. The van der Waals surface area contributed by atoms with Gasteiger partial charge in [-0.25, -0.2) is 4.98 Å². The van der Waals surface area contributed by atoms with Gasteiger partial charge in [-0.05, 0) is 31.2 Å². The van der Waals surface area contributed by atoms with E-state index in [1.807, 2.05) is 0 Å². The van der Waals surface area contributed by atoms with E-state index in [9.17, 15) is 14.4 Å². The van der Waals surface area contributed by atoms with E-state index in [1.54, 1.807) is 24.3 Å². The maximum absolute atomic E-state index is 11.8. The van der Waals surface area contributed by atoms with Crippen LogP contribution in [-0.4, -0.2) is 21.7 Å². The highest BCUT2D eigenvalue weighted by atomic mass is 16.2. The number of ketones is 1. The van der Waals surface area contributed by atoms with Crippen molar-refractivity contribution in [2.45, 2.75) is 6.92 Å². The molecule has 2 aromatic rings. The fourth-order valence-corrected chi connectivity index (χ4v) is 1.49. The first-order valence-corrected chi connectivity index (χ1v) is 5.53. The van der Waals surface area contributed by atoms with E-state index in [0.717, 1.165) is 0 Å². The van der Waals surface area contributed by atoms with Crippen molar-refractivity contribution in [2.24, 2.45) is 0 Å². The van der Waals surface area contributed by atoms with Crippen LogP contribution in [0.1, 0.15) is 27.6 Å². The Kier molecular flexibility index (Phi) is 3.51. The minimum absolute atomic E-state index is 0.0541. The quantitative estimate of drug-likeness (QED) is 0.809. The summed E-state index contributed by atoms with van der Waals surface area (Å²) >= 11 is 0. The zero-order valence-corrected chi connectivity index (χ0v) is 10.1.